The number of benzene rings is 1. The molecule has 5 nitrogen and oxygen atoms in total. The fraction of sp³-hybridized carbons (Fsp3) is 0.143. The number of anilines is 2. The quantitative estimate of drug-likeness (QED) is 0.784. The van der Waals surface area contributed by atoms with Crippen LogP contribution in [-0.2, 0) is 6.42 Å². The summed E-state index contributed by atoms with van der Waals surface area (Å²) in [6.45, 7) is 1.93. The molecule has 0 aliphatic heterocycles. The first-order chi connectivity index (χ1) is 9.99. The number of carboxylic acids is 1. The third-order valence-electron chi connectivity index (χ3n) is 2.69. The molecule has 0 unspecified atom stereocenters. The Hall–Kier alpha value is -2.05. The zero-order valence-corrected chi connectivity index (χ0v) is 12.7. The van der Waals surface area contributed by atoms with Gasteiger partial charge in [0.05, 0.1) is 5.56 Å². The van der Waals surface area contributed by atoms with Gasteiger partial charge in [-0.3, -0.25) is 5.32 Å². The molecule has 0 saturated heterocycles. The van der Waals surface area contributed by atoms with Gasteiger partial charge in [0.2, 0.25) is 0 Å². The highest BCUT2D eigenvalue weighted by molar-refractivity contribution is 7.16. The van der Waals surface area contributed by atoms with Crippen molar-refractivity contribution >= 4 is 45.6 Å². The van der Waals surface area contributed by atoms with Crippen molar-refractivity contribution in [3.05, 3.63) is 45.8 Å². The van der Waals surface area contributed by atoms with Gasteiger partial charge in [0, 0.05) is 15.6 Å². The summed E-state index contributed by atoms with van der Waals surface area (Å²) < 4.78 is 0. The highest BCUT2D eigenvalue weighted by atomic mass is 35.5. The number of rotatable bonds is 4. The van der Waals surface area contributed by atoms with Gasteiger partial charge < -0.3 is 10.4 Å². The molecule has 0 aliphatic carbocycles. The van der Waals surface area contributed by atoms with Gasteiger partial charge in [-0.1, -0.05) is 18.5 Å². The average molecular weight is 325 g/mol. The zero-order valence-electron chi connectivity index (χ0n) is 11.1. The maximum atomic E-state index is 11.9. The number of nitrogens with one attached hydrogen (secondary N) is 2. The van der Waals surface area contributed by atoms with Gasteiger partial charge in [0.15, 0.2) is 0 Å². The molecule has 21 heavy (non-hydrogen) atoms. The monoisotopic (exact) mass is 324 g/mol. The Morgan fingerprint density at radius 3 is 2.48 bits per heavy atom. The van der Waals surface area contributed by atoms with Crippen LogP contribution in [0.25, 0.3) is 0 Å². The van der Waals surface area contributed by atoms with Crippen LogP contribution >= 0.6 is 22.9 Å². The summed E-state index contributed by atoms with van der Waals surface area (Å²) >= 11 is 7.02. The zero-order chi connectivity index (χ0) is 15.4. The lowest BCUT2D eigenvalue weighted by Crippen LogP contribution is -2.19. The molecule has 3 N–H and O–H groups in total. The van der Waals surface area contributed by atoms with Crippen LogP contribution in [0.3, 0.4) is 0 Å². The van der Waals surface area contributed by atoms with E-state index in [0.717, 1.165) is 4.88 Å². The van der Waals surface area contributed by atoms with Gasteiger partial charge >= 0.3 is 12.0 Å². The molecule has 2 amide bonds. The Bertz CT molecular complexity index is 667. The summed E-state index contributed by atoms with van der Waals surface area (Å²) in [5.41, 5.74) is 0.671. The maximum Gasteiger partial charge on any atom is 0.338 e. The lowest BCUT2D eigenvalue weighted by molar-refractivity contribution is 0.0698. The van der Waals surface area contributed by atoms with E-state index in [0.29, 0.717) is 22.1 Å². The molecule has 110 valence electrons. The number of halogens is 1. The predicted molar refractivity (Wildman–Crippen MR) is 84.7 cm³/mol. The number of aryl methyl sites for hydroxylation is 1. The second-order valence-electron chi connectivity index (χ2n) is 4.20. The summed E-state index contributed by atoms with van der Waals surface area (Å²) in [5, 5.41) is 15.2. The second kappa shape index (κ2) is 6.60. The lowest BCUT2D eigenvalue weighted by atomic mass is 10.2. The van der Waals surface area contributed by atoms with Crippen LogP contribution in [0.1, 0.15) is 22.2 Å². The Morgan fingerprint density at radius 1 is 1.24 bits per heavy atom. The number of carboxylic acid groups (broad SMARTS) is 1. The minimum atomic E-state index is -1.06. The van der Waals surface area contributed by atoms with E-state index in [1.165, 1.54) is 11.3 Å². The summed E-state index contributed by atoms with van der Waals surface area (Å²) in [4.78, 5) is 23.9. The molecule has 0 radical (unpaired) electrons. The van der Waals surface area contributed by atoms with Crippen LogP contribution in [-0.4, -0.2) is 17.1 Å². The van der Waals surface area contributed by atoms with Gasteiger partial charge in [0.25, 0.3) is 0 Å². The number of carbonyl (C=O) groups is 2. The second-order valence-corrected chi connectivity index (χ2v) is 5.77. The van der Waals surface area contributed by atoms with Crippen molar-refractivity contribution in [2.24, 2.45) is 0 Å². The Kier molecular flexibility index (Phi) is 4.82. The molecule has 0 atom stereocenters. The fourth-order valence-corrected chi connectivity index (χ4v) is 2.78. The number of carbonyl (C=O) groups excluding carboxylic acids is 1. The topological polar surface area (TPSA) is 78.4 Å². The molecule has 1 aromatic carbocycles. The highest BCUT2D eigenvalue weighted by Crippen LogP contribution is 2.28. The minimum Gasteiger partial charge on any atom is -0.478 e. The summed E-state index contributed by atoms with van der Waals surface area (Å²) in [6.07, 6.45) is 0.714. The van der Waals surface area contributed by atoms with Gasteiger partial charge in [-0.15, -0.1) is 11.3 Å². The molecule has 0 bridgehead atoms. The van der Waals surface area contributed by atoms with Crippen molar-refractivity contribution in [2.75, 3.05) is 10.6 Å². The number of urea groups is 1. The van der Waals surface area contributed by atoms with Crippen LogP contribution in [0.4, 0.5) is 15.5 Å². The van der Waals surface area contributed by atoms with E-state index >= 15 is 0 Å². The maximum absolute atomic E-state index is 11.9. The highest BCUT2D eigenvalue weighted by Gasteiger charge is 2.16. The third-order valence-corrected chi connectivity index (χ3v) is 4.14. The molecule has 1 aromatic heterocycles. The Labute approximate surface area is 130 Å². The average Bonchev–Trinajstić information content (AvgIpc) is 2.84. The lowest BCUT2D eigenvalue weighted by Gasteiger charge is -2.07. The van der Waals surface area contributed by atoms with Gasteiger partial charge in [-0.2, -0.15) is 0 Å². The number of hydrogen-bond acceptors (Lipinski definition) is 3. The number of amides is 2. The number of thiophene rings is 1. The van der Waals surface area contributed by atoms with Crippen molar-refractivity contribution in [3.8, 4) is 0 Å². The number of hydrogen-bond donors (Lipinski definition) is 3. The van der Waals surface area contributed by atoms with Gasteiger partial charge in [0.1, 0.15) is 5.00 Å². The Balaban J connectivity index is 2.10. The van der Waals surface area contributed by atoms with E-state index in [-0.39, 0.29) is 5.56 Å². The molecule has 2 aromatic rings. The van der Waals surface area contributed by atoms with Gasteiger partial charge in [-0.05, 0) is 36.8 Å². The normalized spacial score (nSPS) is 10.2. The predicted octanol–water partition coefficient (Wildman–Crippen LogP) is 4.31. The van der Waals surface area contributed by atoms with Crippen LogP contribution in [0.2, 0.25) is 5.02 Å². The first-order valence-electron chi connectivity index (χ1n) is 6.19. The summed E-state index contributed by atoms with van der Waals surface area (Å²) in [5.74, 6) is -1.06. The summed E-state index contributed by atoms with van der Waals surface area (Å²) in [7, 11) is 0. The van der Waals surface area contributed by atoms with Crippen LogP contribution in [0.5, 0.6) is 0 Å². The van der Waals surface area contributed by atoms with Crippen molar-refractivity contribution in [3.63, 3.8) is 0 Å². The molecule has 0 saturated carbocycles. The van der Waals surface area contributed by atoms with Crippen molar-refractivity contribution in [2.45, 2.75) is 13.3 Å². The summed E-state index contributed by atoms with van der Waals surface area (Å²) in [6, 6.07) is 7.70. The van der Waals surface area contributed by atoms with Crippen molar-refractivity contribution in [1.82, 2.24) is 0 Å². The minimum absolute atomic E-state index is 0.100. The van der Waals surface area contributed by atoms with E-state index in [9.17, 15) is 9.59 Å². The standard InChI is InChI=1S/C14H13ClN2O3S/c1-2-10-7-11(13(18)19)12(21-10)17-14(20)16-9-5-3-8(15)4-6-9/h3-7H,2H2,1H3,(H,18,19)(H2,16,17,20). The number of aromatic carboxylic acids is 1. The molecular weight excluding hydrogens is 312 g/mol. The van der Waals surface area contributed by atoms with Crippen molar-refractivity contribution in [1.29, 1.82) is 0 Å². The smallest absolute Gasteiger partial charge is 0.338 e. The largest absolute Gasteiger partial charge is 0.478 e. The first-order valence-corrected chi connectivity index (χ1v) is 7.38. The van der Waals surface area contributed by atoms with Crippen LogP contribution in [0, 0.1) is 0 Å². The van der Waals surface area contributed by atoms with Crippen LogP contribution < -0.4 is 10.6 Å². The first kappa shape index (κ1) is 15.3. The molecule has 7 heteroatoms. The molecule has 0 fully saturated rings. The molecule has 2 rings (SSSR count). The molecule has 0 spiro atoms. The van der Waals surface area contributed by atoms with E-state index < -0.39 is 12.0 Å². The fourth-order valence-electron chi connectivity index (χ4n) is 1.67. The van der Waals surface area contributed by atoms with E-state index in [1.54, 1.807) is 30.3 Å². The molecule has 0 aliphatic rings. The van der Waals surface area contributed by atoms with E-state index in [2.05, 4.69) is 10.6 Å². The van der Waals surface area contributed by atoms with Crippen LogP contribution in [0.15, 0.2) is 30.3 Å². The van der Waals surface area contributed by atoms with E-state index in [1.807, 2.05) is 6.92 Å². The third kappa shape index (κ3) is 3.96. The molecule has 1 heterocycles. The SMILES string of the molecule is CCc1cc(C(=O)O)c(NC(=O)Nc2ccc(Cl)cc2)s1. The van der Waals surface area contributed by atoms with Gasteiger partial charge in [-0.25, -0.2) is 9.59 Å². The Morgan fingerprint density at radius 2 is 1.90 bits per heavy atom. The van der Waals surface area contributed by atoms with E-state index in [4.69, 9.17) is 16.7 Å². The molecular formula is C14H13ClN2O3S. The van der Waals surface area contributed by atoms with Crippen molar-refractivity contribution < 1.29 is 14.7 Å².